The van der Waals surface area contributed by atoms with E-state index in [1.54, 1.807) is 49.1 Å². The average molecular weight is 538 g/mol. The van der Waals surface area contributed by atoms with Crippen LogP contribution in [0.5, 0.6) is 0 Å². The highest BCUT2D eigenvalue weighted by atomic mass is 32.2. The standard InChI is InChI=1S/C25H27F4N5O2S/c26-22-14-21(32-12-10-20(11-13-32)33-16-30-31-17-33)7-6-19(22)15-34-24(25(27,28)29)9-8-23(37(34,35)36)18-4-2-1-3-5-18/h1-7,14,16-17,20,23-24H,8-13,15H2/t23-,24-/m1/s1. The second-order valence-corrected chi connectivity index (χ2v) is 11.6. The van der Waals surface area contributed by atoms with Crippen LogP contribution in [0.15, 0.2) is 61.2 Å². The van der Waals surface area contributed by atoms with Crippen LogP contribution < -0.4 is 4.90 Å². The summed E-state index contributed by atoms with van der Waals surface area (Å²) in [6, 6.07) is 10.6. The second kappa shape index (κ2) is 10.1. The van der Waals surface area contributed by atoms with Crippen molar-refractivity contribution >= 4 is 15.7 Å². The lowest BCUT2D eigenvalue weighted by Gasteiger charge is -2.40. The number of halogens is 4. The average Bonchev–Trinajstić information content (AvgIpc) is 3.41. The van der Waals surface area contributed by atoms with Crippen molar-refractivity contribution in [1.29, 1.82) is 0 Å². The van der Waals surface area contributed by atoms with Gasteiger partial charge < -0.3 is 9.47 Å². The van der Waals surface area contributed by atoms with Crippen molar-refractivity contribution in [3.63, 3.8) is 0 Å². The van der Waals surface area contributed by atoms with Crippen LogP contribution in [-0.4, -0.2) is 52.8 Å². The predicted molar refractivity (Wildman–Crippen MR) is 130 cm³/mol. The first kappa shape index (κ1) is 25.7. The van der Waals surface area contributed by atoms with E-state index >= 15 is 4.39 Å². The van der Waals surface area contributed by atoms with Crippen LogP contribution in [0.4, 0.5) is 23.2 Å². The van der Waals surface area contributed by atoms with E-state index in [0.29, 0.717) is 28.6 Å². The molecule has 198 valence electrons. The molecule has 0 radical (unpaired) electrons. The number of aromatic nitrogens is 3. The Morgan fingerprint density at radius 2 is 1.59 bits per heavy atom. The first-order chi connectivity index (χ1) is 17.6. The Morgan fingerprint density at radius 3 is 2.22 bits per heavy atom. The topological polar surface area (TPSA) is 71.3 Å². The van der Waals surface area contributed by atoms with Gasteiger partial charge in [-0.2, -0.15) is 17.5 Å². The number of hydrogen-bond donors (Lipinski definition) is 0. The lowest BCUT2D eigenvalue weighted by molar-refractivity contribution is -0.176. The molecular weight excluding hydrogens is 510 g/mol. The fraction of sp³-hybridized carbons (Fsp3) is 0.440. The maximum atomic E-state index is 15.2. The molecule has 3 heterocycles. The van der Waals surface area contributed by atoms with Gasteiger partial charge in [0.05, 0.1) is 0 Å². The smallest absolute Gasteiger partial charge is 0.371 e. The maximum absolute atomic E-state index is 15.2. The minimum atomic E-state index is -4.76. The molecule has 0 unspecified atom stereocenters. The van der Waals surface area contributed by atoms with Crippen LogP contribution in [-0.2, 0) is 16.6 Å². The Kier molecular flexibility index (Phi) is 6.97. The highest BCUT2D eigenvalue weighted by molar-refractivity contribution is 7.89. The molecule has 2 aliphatic rings. The zero-order valence-electron chi connectivity index (χ0n) is 19.9. The van der Waals surface area contributed by atoms with Crippen LogP contribution in [0.3, 0.4) is 0 Å². The largest absolute Gasteiger partial charge is 0.405 e. The van der Waals surface area contributed by atoms with E-state index in [4.69, 9.17) is 0 Å². The van der Waals surface area contributed by atoms with Gasteiger partial charge in [-0.05, 0) is 43.4 Å². The molecule has 3 aromatic rings. The van der Waals surface area contributed by atoms with Crippen molar-refractivity contribution in [2.45, 2.75) is 55.7 Å². The normalized spacial score (nSPS) is 23.3. The summed E-state index contributed by atoms with van der Waals surface area (Å²) in [6.45, 7) is 0.645. The highest BCUT2D eigenvalue weighted by Crippen LogP contribution is 2.43. The summed E-state index contributed by atoms with van der Waals surface area (Å²) in [5.41, 5.74) is 0.952. The van der Waals surface area contributed by atoms with Gasteiger partial charge in [0.15, 0.2) is 0 Å². The zero-order valence-corrected chi connectivity index (χ0v) is 20.7. The molecule has 7 nitrogen and oxygen atoms in total. The van der Waals surface area contributed by atoms with Gasteiger partial charge in [-0.1, -0.05) is 36.4 Å². The first-order valence-electron chi connectivity index (χ1n) is 12.1. The van der Waals surface area contributed by atoms with E-state index < -0.39 is 39.9 Å². The molecule has 2 atom stereocenters. The summed E-state index contributed by atoms with van der Waals surface area (Å²) in [5, 5.41) is 6.55. The monoisotopic (exact) mass is 537 g/mol. The number of rotatable bonds is 5. The van der Waals surface area contributed by atoms with Gasteiger partial charge in [0.25, 0.3) is 0 Å². The van der Waals surface area contributed by atoms with Crippen LogP contribution in [0, 0.1) is 5.82 Å². The molecule has 2 aliphatic heterocycles. The third-order valence-corrected chi connectivity index (χ3v) is 9.60. The number of hydrogen-bond acceptors (Lipinski definition) is 5. The third-order valence-electron chi connectivity index (χ3n) is 7.34. The van der Waals surface area contributed by atoms with E-state index in [2.05, 4.69) is 10.2 Å². The molecule has 12 heteroatoms. The van der Waals surface area contributed by atoms with Gasteiger partial charge in [0.2, 0.25) is 10.0 Å². The Morgan fingerprint density at radius 1 is 0.919 bits per heavy atom. The fourth-order valence-electron chi connectivity index (χ4n) is 5.32. The lowest BCUT2D eigenvalue weighted by atomic mass is 10.0. The number of sulfonamides is 1. The van der Waals surface area contributed by atoms with Crippen LogP contribution >= 0.6 is 0 Å². The highest BCUT2D eigenvalue weighted by Gasteiger charge is 2.53. The minimum absolute atomic E-state index is 0.0883. The van der Waals surface area contributed by atoms with E-state index in [9.17, 15) is 21.6 Å². The van der Waals surface area contributed by atoms with Gasteiger partial charge in [0.1, 0.15) is 29.8 Å². The number of alkyl halides is 3. The van der Waals surface area contributed by atoms with E-state index in [1.165, 1.54) is 12.1 Å². The summed E-state index contributed by atoms with van der Waals surface area (Å²) in [4.78, 5) is 2.01. The lowest BCUT2D eigenvalue weighted by Crippen LogP contribution is -2.52. The van der Waals surface area contributed by atoms with Crippen molar-refractivity contribution in [2.24, 2.45) is 0 Å². The molecule has 0 bridgehead atoms. The second-order valence-electron chi connectivity index (χ2n) is 9.53. The summed E-state index contributed by atoms with van der Waals surface area (Å²) in [6.07, 6.45) is -0.355. The van der Waals surface area contributed by atoms with E-state index in [-0.39, 0.29) is 24.4 Å². The number of benzene rings is 2. The molecule has 2 aromatic carbocycles. The fourth-order valence-corrected chi connectivity index (χ4v) is 7.49. The molecule has 0 N–H and O–H groups in total. The Balaban J connectivity index is 1.36. The molecule has 5 rings (SSSR count). The molecule has 37 heavy (non-hydrogen) atoms. The maximum Gasteiger partial charge on any atom is 0.405 e. The van der Waals surface area contributed by atoms with Gasteiger partial charge in [0, 0.05) is 36.9 Å². The number of anilines is 1. The number of piperidine rings is 1. The van der Waals surface area contributed by atoms with Crippen molar-refractivity contribution in [2.75, 3.05) is 18.0 Å². The SMILES string of the molecule is O=S1(=O)[C@@H](c2ccccc2)CC[C@H](C(F)(F)F)N1Cc1ccc(N2CCC(n3cnnc3)CC2)cc1F. The summed E-state index contributed by atoms with van der Waals surface area (Å²) in [5.74, 6) is -0.726. The van der Waals surface area contributed by atoms with Crippen molar-refractivity contribution in [3.8, 4) is 0 Å². The van der Waals surface area contributed by atoms with E-state index in [0.717, 1.165) is 12.8 Å². The van der Waals surface area contributed by atoms with Gasteiger partial charge in [-0.25, -0.2) is 12.8 Å². The van der Waals surface area contributed by atoms with Crippen LogP contribution in [0.1, 0.15) is 48.1 Å². The summed E-state index contributed by atoms with van der Waals surface area (Å²) >= 11 is 0. The number of nitrogens with zero attached hydrogens (tertiary/aromatic N) is 5. The third kappa shape index (κ3) is 5.22. The summed E-state index contributed by atoms with van der Waals surface area (Å²) in [7, 11) is -4.40. The molecule has 0 spiro atoms. The van der Waals surface area contributed by atoms with Crippen LogP contribution in [0.25, 0.3) is 0 Å². The molecule has 0 saturated carbocycles. The minimum Gasteiger partial charge on any atom is -0.371 e. The Hall–Kier alpha value is -2.99. The van der Waals surface area contributed by atoms with Crippen LogP contribution in [0.2, 0.25) is 0 Å². The van der Waals surface area contributed by atoms with Gasteiger partial charge >= 0.3 is 6.18 Å². The molecule has 0 amide bonds. The zero-order chi connectivity index (χ0) is 26.2. The quantitative estimate of drug-likeness (QED) is 0.435. The van der Waals surface area contributed by atoms with Crippen molar-refractivity contribution in [1.82, 2.24) is 19.1 Å². The first-order valence-corrected chi connectivity index (χ1v) is 13.6. The molecular formula is C25H27F4N5O2S. The summed E-state index contributed by atoms with van der Waals surface area (Å²) < 4.78 is 86.1. The molecule has 1 aromatic heterocycles. The van der Waals surface area contributed by atoms with Crippen molar-refractivity contribution in [3.05, 3.63) is 78.1 Å². The Labute approximate surface area is 212 Å². The van der Waals surface area contributed by atoms with Crippen molar-refractivity contribution < 1.29 is 26.0 Å². The van der Waals surface area contributed by atoms with Gasteiger partial charge in [-0.3, -0.25) is 0 Å². The predicted octanol–water partition coefficient (Wildman–Crippen LogP) is 4.86. The van der Waals surface area contributed by atoms with Gasteiger partial charge in [-0.15, -0.1) is 10.2 Å². The molecule has 2 fully saturated rings. The van der Waals surface area contributed by atoms with E-state index in [1.807, 2.05) is 9.47 Å². The Bertz CT molecular complexity index is 1310. The molecule has 2 saturated heterocycles. The molecule has 0 aliphatic carbocycles.